The highest BCUT2D eigenvalue weighted by atomic mass is 31.2. The van der Waals surface area contributed by atoms with Crippen molar-refractivity contribution in [2.75, 3.05) is 27.7 Å². The Morgan fingerprint density at radius 3 is 2.40 bits per heavy atom. The highest BCUT2D eigenvalue weighted by molar-refractivity contribution is 7.44. The van der Waals surface area contributed by atoms with Crippen molar-refractivity contribution < 1.29 is 23.4 Å². The Kier molecular flexibility index (Phi) is 7.16. The van der Waals surface area contributed by atoms with Gasteiger partial charge in [-0.25, -0.2) is 0 Å². The first-order valence-corrected chi connectivity index (χ1v) is 9.18. The lowest BCUT2D eigenvalue weighted by Crippen LogP contribution is -2.42. The molecule has 0 aromatic rings. The van der Waals surface area contributed by atoms with Crippen molar-refractivity contribution in [1.82, 2.24) is 0 Å². The molecular weight excluding hydrogens is 277 g/mol. The summed E-state index contributed by atoms with van der Waals surface area (Å²) in [5.41, 5.74) is 0. The predicted molar refractivity (Wildman–Crippen MR) is 78.0 cm³/mol. The summed E-state index contributed by atoms with van der Waals surface area (Å²) >= 11 is 0. The Hall–Kier alpha value is 0.0700. The summed E-state index contributed by atoms with van der Waals surface area (Å²) in [4.78, 5) is 19.9. The normalized spacial score (nSPS) is 22.4. The summed E-state index contributed by atoms with van der Waals surface area (Å²) in [5.74, 6) is 0.793. The Labute approximate surface area is 123 Å². The van der Waals surface area contributed by atoms with Crippen LogP contribution in [0, 0.1) is 5.92 Å². The zero-order valence-corrected chi connectivity index (χ0v) is 14.0. The van der Waals surface area contributed by atoms with Crippen molar-refractivity contribution in [2.45, 2.75) is 57.5 Å². The van der Waals surface area contributed by atoms with Gasteiger partial charge < -0.3 is 18.8 Å². The Morgan fingerprint density at radius 1 is 1.30 bits per heavy atom. The topological polar surface area (TPSA) is 69.6 Å². The summed E-state index contributed by atoms with van der Waals surface area (Å²) in [6.45, 7) is 0.581. The molecule has 0 bridgehead atoms. The molecule has 0 aromatic carbocycles. The summed E-state index contributed by atoms with van der Waals surface area (Å²) in [7, 11) is 1.33. The monoisotopic (exact) mass is 307 g/mol. The van der Waals surface area contributed by atoms with E-state index in [4.69, 9.17) is 9.42 Å². The van der Waals surface area contributed by atoms with Gasteiger partial charge in [-0.2, -0.15) is 0 Å². The van der Waals surface area contributed by atoms with Crippen LogP contribution in [0.5, 0.6) is 0 Å². The van der Waals surface area contributed by atoms with Gasteiger partial charge in [0, 0.05) is 0 Å². The van der Waals surface area contributed by atoms with Crippen LogP contribution in [0.15, 0.2) is 0 Å². The van der Waals surface area contributed by atoms with Gasteiger partial charge in [-0.1, -0.05) is 44.9 Å². The second-order valence-electron chi connectivity index (χ2n) is 7.10. The van der Waals surface area contributed by atoms with Crippen LogP contribution < -0.4 is 4.89 Å². The van der Waals surface area contributed by atoms with Crippen LogP contribution in [-0.4, -0.2) is 43.2 Å². The fourth-order valence-corrected chi connectivity index (χ4v) is 3.64. The maximum atomic E-state index is 10.9. The molecule has 6 heteroatoms. The van der Waals surface area contributed by atoms with Gasteiger partial charge in [0.1, 0.15) is 12.6 Å². The van der Waals surface area contributed by atoms with Gasteiger partial charge in [0.05, 0.1) is 21.1 Å². The van der Waals surface area contributed by atoms with Gasteiger partial charge in [0.15, 0.2) is 0 Å². The van der Waals surface area contributed by atoms with Crippen LogP contribution in [0.2, 0.25) is 0 Å². The molecule has 1 aliphatic rings. The van der Waals surface area contributed by atoms with Gasteiger partial charge >= 0.3 is 0 Å². The van der Waals surface area contributed by atoms with Gasteiger partial charge in [-0.05, 0) is 12.3 Å². The molecule has 1 rings (SSSR count). The van der Waals surface area contributed by atoms with E-state index in [9.17, 15) is 9.46 Å². The van der Waals surface area contributed by atoms with Crippen molar-refractivity contribution in [1.29, 1.82) is 0 Å². The number of rotatable bonds is 8. The number of hydrogen-bond acceptors (Lipinski definition) is 3. The smallest absolute Gasteiger partial charge is 0.265 e. The van der Waals surface area contributed by atoms with E-state index >= 15 is 0 Å². The zero-order valence-electron chi connectivity index (χ0n) is 13.1. The Bertz CT molecular complexity index is 318. The van der Waals surface area contributed by atoms with Gasteiger partial charge in [0.25, 0.3) is 7.82 Å². The average Bonchev–Trinajstić information content (AvgIpc) is 2.25. The molecule has 1 saturated carbocycles. The maximum Gasteiger partial charge on any atom is 0.265 e. The highest BCUT2D eigenvalue weighted by Gasteiger charge is 2.23. The standard InChI is InChI=1S/C14H30NO4P/c1-15(2,3)12-14(19-20(16,17)18)11-7-10-13-8-5-4-6-9-13/h13-14H,4-12H2,1-3H3,(H-,16,17,18). The van der Waals surface area contributed by atoms with E-state index < -0.39 is 13.9 Å². The van der Waals surface area contributed by atoms with Crippen molar-refractivity contribution in [3.63, 3.8) is 0 Å². The third-order valence-corrected chi connectivity index (χ3v) is 4.46. The van der Waals surface area contributed by atoms with E-state index in [0.717, 1.165) is 18.8 Å². The molecule has 0 aliphatic heterocycles. The SMILES string of the molecule is C[N+](C)(C)CC(CCCC1CCCCC1)OP(=O)([O-])O. The Balaban J connectivity index is 2.37. The molecule has 1 N–H and O–H groups in total. The predicted octanol–water partition coefficient (Wildman–Crippen LogP) is 2.29. The van der Waals surface area contributed by atoms with E-state index in [1.165, 1.54) is 32.1 Å². The molecule has 0 radical (unpaired) electrons. The highest BCUT2D eigenvalue weighted by Crippen LogP contribution is 2.35. The summed E-state index contributed by atoms with van der Waals surface area (Å²) in [6, 6.07) is 0. The molecule has 20 heavy (non-hydrogen) atoms. The minimum Gasteiger partial charge on any atom is -0.756 e. The second kappa shape index (κ2) is 7.90. The number of quaternary nitrogens is 1. The van der Waals surface area contributed by atoms with E-state index in [1.807, 2.05) is 21.1 Å². The third-order valence-electron chi connectivity index (χ3n) is 3.90. The molecule has 0 saturated heterocycles. The van der Waals surface area contributed by atoms with Crippen molar-refractivity contribution in [3.05, 3.63) is 0 Å². The summed E-state index contributed by atoms with van der Waals surface area (Å²) < 4.78 is 16.4. The Morgan fingerprint density at radius 2 is 1.90 bits per heavy atom. The molecule has 120 valence electrons. The number of phosphoric acid groups is 1. The fraction of sp³-hybridized carbons (Fsp3) is 1.00. The van der Waals surface area contributed by atoms with E-state index in [0.29, 0.717) is 17.4 Å². The van der Waals surface area contributed by atoms with Crippen LogP contribution in [0.4, 0.5) is 0 Å². The third kappa shape index (κ3) is 9.09. The lowest BCUT2D eigenvalue weighted by atomic mass is 9.85. The number of nitrogens with zero attached hydrogens (tertiary/aromatic N) is 1. The molecule has 0 spiro atoms. The second-order valence-corrected chi connectivity index (χ2v) is 8.25. The molecule has 2 atom stereocenters. The first-order chi connectivity index (χ1) is 9.16. The molecule has 2 unspecified atom stereocenters. The fourth-order valence-electron chi connectivity index (χ4n) is 3.09. The van der Waals surface area contributed by atoms with Crippen LogP contribution in [0.1, 0.15) is 51.4 Å². The lowest BCUT2D eigenvalue weighted by molar-refractivity contribution is -0.873. The van der Waals surface area contributed by atoms with Crippen molar-refractivity contribution >= 4 is 7.82 Å². The molecule has 5 nitrogen and oxygen atoms in total. The maximum absolute atomic E-state index is 10.9. The van der Waals surface area contributed by atoms with Crippen LogP contribution >= 0.6 is 7.82 Å². The van der Waals surface area contributed by atoms with Crippen LogP contribution in [-0.2, 0) is 9.09 Å². The summed E-state index contributed by atoms with van der Waals surface area (Å²) in [6.07, 6.45) is 9.01. The van der Waals surface area contributed by atoms with E-state index in [1.54, 1.807) is 0 Å². The van der Waals surface area contributed by atoms with Gasteiger partial charge in [0.2, 0.25) is 0 Å². The summed E-state index contributed by atoms with van der Waals surface area (Å²) in [5, 5.41) is 0. The molecule has 0 aromatic heterocycles. The number of hydrogen-bond donors (Lipinski definition) is 1. The minimum absolute atomic E-state index is 0.424. The minimum atomic E-state index is -4.64. The quantitative estimate of drug-likeness (QED) is 0.552. The molecule has 0 amide bonds. The number of likely N-dealkylation sites (N-methyl/N-ethyl adjacent to an activating group) is 1. The van der Waals surface area contributed by atoms with Crippen molar-refractivity contribution in [2.24, 2.45) is 5.92 Å². The molecule has 1 aliphatic carbocycles. The van der Waals surface area contributed by atoms with Gasteiger partial charge in [-0.15, -0.1) is 0 Å². The zero-order chi connectivity index (χ0) is 15.2. The van der Waals surface area contributed by atoms with Crippen LogP contribution in [0.25, 0.3) is 0 Å². The first kappa shape index (κ1) is 18.1. The van der Waals surface area contributed by atoms with Crippen LogP contribution in [0.3, 0.4) is 0 Å². The molecule has 0 heterocycles. The van der Waals surface area contributed by atoms with Gasteiger partial charge in [-0.3, -0.25) is 4.57 Å². The van der Waals surface area contributed by atoms with E-state index in [2.05, 4.69) is 0 Å². The largest absolute Gasteiger partial charge is 0.756 e. The molecule has 1 fully saturated rings. The molecular formula is C14H30NO4P. The first-order valence-electron chi connectivity index (χ1n) is 7.68. The lowest BCUT2D eigenvalue weighted by Gasteiger charge is -2.31. The number of phosphoric ester groups is 1. The van der Waals surface area contributed by atoms with Crippen molar-refractivity contribution in [3.8, 4) is 0 Å². The van der Waals surface area contributed by atoms with E-state index in [-0.39, 0.29) is 0 Å². The average molecular weight is 307 g/mol.